The van der Waals surface area contributed by atoms with Crippen molar-refractivity contribution in [2.75, 3.05) is 19.0 Å². The van der Waals surface area contributed by atoms with Crippen molar-refractivity contribution in [2.24, 2.45) is 5.92 Å². The minimum Gasteiger partial charge on any atom is -0.497 e. The summed E-state index contributed by atoms with van der Waals surface area (Å²) < 4.78 is 15.4. The average molecular weight is 709 g/mol. The highest BCUT2D eigenvalue weighted by molar-refractivity contribution is 14.1. The van der Waals surface area contributed by atoms with Crippen molar-refractivity contribution >= 4 is 47.4 Å². The van der Waals surface area contributed by atoms with Crippen LogP contribution in [0, 0.1) is 9.49 Å². The molecule has 1 unspecified atom stereocenters. The molecule has 0 saturated carbocycles. The van der Waals surface area contributed by atoms with Crippen LogP contribution in [0.2, 0.25) is 18.6 Å². The maximum Gasteiger partial charge on any atom is 0.261 e. The summed E-state index contributed by atoms with van der Waals surface area (Å²) in [6, 6.07) is 24.4. The van der Waals surface area contributed by atoms with Gasteiger partial charge >= 0.3 is 0 Å². The number of halogens is 1. The molecule has 4 aromatic rings. The molecule has 2 aliphatic rings. The Bertz CT molecular complexity index is 1610. The van der Waals surface area contributed by atoms with Gasteiger partial charge in [0.05, 0.1) is 39.5 Å². The minimum atomic E-state index is -2.21. The number of carbonyl (C=O) groups is 1. The van der Waals surface area contributed by atoms with E-state index < -0.39 is 13.7 Å². The lowest BCUT2D eigenvalue weighted by atomic mass is 9.82. The first-order chi connectivity index (χ1) is 20.7. The molecule has 3 heterocycles. The third-order valence-corrected chi connectivity index (χ3v) is 14.5. The van der Waals surface area contributed by atoms with Gasteiger partial charge in [0.25, 0.3) is 5.91 Å². The smallest absolute Gasteiger partial charge is 0.261 e. The van der Waals surface area contributed by atoms with E-state index in [1.165, 1.54) is 5.19 Å². The molecule has 0 bridgehead atoms. The Hall–Kier alpha value is -3.06. The van der Waals surface area contributed by atoms with Crippen molar-refractivity contribution < 1.29 is 19.4 Å². The topological polar surface area (TPSA) is 98.5 Å². The van der Waals surface area contributed by atoms with E-state index in [0.717, 1.165) is 31.8 Å². The summed E-state index contributed by atoms with van der Waals surface area (Å²) in [6.07, 6.45) is 2.42. The van der Waals surface area contributed by atoms with Gasteiger partial charge in [0.15, 0.2) is 5.60 Å². The number of aliphatic hydroxyl groups is 1. The summed E-state index contributed by atoms with van der Waals surface area (Å²) in [5.74, 6) is 0.454. The molecule has 224 valence electrons. The number of rotatable bonds is 9. The first-order valence-corrected chi connectivity index (χ1v) is 18.8. The molecule has 2 aliphatic heterocycles. The van der Waals surface area contributed by atoms with Crippen LogP contribution in [0.5, 0.6) is 5.75 Å². The monoisotopic (exact) mass is 708 g/mol. The van der Waals surface area contributed by atoms with Crippen LogP contribution in [0.4, 0.5) is 5.69 Å². The summed E-state index contributed by atoms with van der Waals surface area (Å²) >= 11 is 2.30. The molecular formula is C33H37IN4O4Si. The largest absolute Gasteiger partial charge is 0.497 e. The molecule has 1 fully saturated rings. The van der Waals surface area contributed by atoms with E-state index in [1.807, 2.05) is 65.5 Å². The molecule has 5 atom stereocenters. The van der Waals surface area contributed by atoms with Gasteiger partial charge in [0.2, 0.25) is 0 Å². The molecule has 10 heteroatoms. The zero-order valence-electron chi connectivity index (χ0n) is 24.8. The molecule has 0 radical (unpaired) electrons. The SMILES string of the molecule is COc1ccc([Si](C)(C)[C@@H]2[C@@H](CCn3cc(C(CO)c4ccccc4)nn3)O[C@]3(C(=O)Nc4ccc(I)cc43)[C@H]2C)cc1. The molecule has 1 saturated heterocycles. The fourth-order valence-corrected chi connectivity index (χ4v) is 11.8. The number of nitrogens with one attached hydrogen (secondary N) is 1. The second-order valence-corrected chi connectivity index (χ2v) is 18.1. The Labute approximate surface area is 267 Å². The van der Waals surface area contributed by atoms with Crippen molar-refractivity contribution in [1.29, 1.82) is 0 Å². The van der Waals surface area contributed by atoms with E-state index in [2.05, 4.69) is 76.4 Å². The van der Waals surface area contributed by atoms with Gasteiger partial charge < -0.3 is 19.9 Å². The number of aliphatic hydroxyl groups excluding tert-OH is 1. The highest BCUT2D eigenvalue weighted by atomic mass is 127. The summed E-state index contributed by atoms with van der Waals surface area (Å²) in [7, 11) is -0.527. The number of methoxy groups -OCH3 is 1. The summed E-state index contributed by atoms with van der Waals surface area (Å²) in [6.45, 7) is 7.49. The molecular weight excluding hydrogens is 671 g/mol. The van der Waals surface area contributed by atoms with Gasteiger partial charge in [-0.25, -0.2) is 0 Å². The number of aryl methyl sites for hydroxylation is 1. The van der Waals surface area contributed by atoms with E-state index in [1.54, 1.807) is 7.11 Å². The number of aromatic nitrogens is 3. The number of fused-ring (bicyclic) bond motifs is 2. The van der Waals surface area contributed by atoms with Crippen molar-refractivity contribution in [3.63, 3.8) is 0 Å². The van der Waals surface area contributed by atoms with Crippen molar-refractivity contribution in [2.45, 2.75) is 56.1 Å². The van der Waals surface area contributed by atoms with Crippen LogP contribution >= 0.6 is 22.6 Å². The fourth-order valence-electron chi connectivity index (χ4n) is 7.27. The van der Waals surface area contributed by atoms with Gasteiger partial charge in [-0.3, -0.25) is 9.48 Å². The molecule has 43 heavy (non-hydrogen) atoms. The number of ether oxygens (including phenoxy) is 2. The fraction of sp³-hybridized carbons (Fsp3) is 0.364. The van der Waals surface area contributed by atoms with Crippen LogP contribution < -0.4 is 15.2 Å². The van der Waals surface area contributed by atoms with E-state index in [4.69, 9.17) is 9.47 Å². The Kier molecular flexibility index (Phi) is 8.22. The van der Waals surface area contributed by atoms with E-state index in [-0.39, 0.29) is 36.0 Å². The van der Waals surface area contributed by atoms with Crippen LogP contribution in [0.1, 0.15) is 36.1 Å². The molecule has 8 nitrogen and oxygen atoms in total. The Morgan fingerprint density at radius 1 is 1.14 bits per heavy atom. The summed E-state index contributed by atoms with van der Waals surface area (Å²) in [4.78, 5) is 13.8. The Balaban J connectivity index is 1.33. The molecule has 1 amide bonds. The van der Waals surface area contributed by atoms with Crippen LogP contribution in [-0.2, 0) is 21.7 Å². The zero-order chi connectivity index (χ0) is 30.4. The van der Waals surface area contributed by atoms with Crippen molar-refractivity contribution in [3.8, 4) is 5.75 Å². The van der Waals surface area contributed by atoms with Gasteiger partial charge in [-0.05, 0) is 70.4 Å². The highest BCUT2D eigenvalue weighted by Crippen LogP contribution is 2.58. The van der Waals surface area contributed by atoms with Gasteiger partial charge in [-0.2, -0.15) is 0 Å². The number of benzene rings is 3. The second-order valence-electron chi connectivity index (χ2n) is 12.1. The lowest BCUT2D eigenvalue weighted by Crippen LogP contribution is -2.51. The predicted molar refractivity (Wildman–Crippen MR) is 177 cm³/mol. The third kappa shape index (κ3) is 5.21. The van der Waals surface area contributed by atoms with E-state index in [0.29, 0.717) is 13.0 Å². The number of hydrogen-bond acceptors (Lipinski definition) is 6. The average Bonchev–Trinajstić information content (AvgIpc) is 3.68. The van der Waals surface area contributed by atoms with Crippen LogP contribution in [-0.4, -0.2) is 53.9 Å². The van der Waals surface area contributed by atoms with Gasteiger partial charge in [-0.1, -0.05) is 72.9 Å². The quantitative estimate of drug-likeness (QED) is 0.182. The normalized spacial score (nSPS) is 23.8. The summed E-state index contributed by atoms with van der Waals surface area (Å²) in [5, 5.41) is 23.4. The molecule has 3 aromatic carbocycles. The van der Waals surface area contributed by atoms with Gasteiger partial charge in [0, 0.05) is 33.5 Å². The number of hydrogen-bond donors (Lipinski definition) is 2. The van der Waals surface area contributed by atoms with Gasteiger partial charge in [-0.15, -0.1) is 5.10 Å². The molecule has 1 spiro atoms. The first-order valence-electron chi connectivity index (χ1n) is 14.7. The number of nitrogens with zero attached hydrogens (tertiary/aromatic N) is 3. The lowest BCUT2D eigenvalue weighted by Gasteiger charge is -2.37. The van der Waals surface area contributed by atoms with Gasteiger partial charge in [0.1, 0.15) is 5.75 Å². The molecule has 6 rings (SSSR count). The maximum atomic E-state index is 13.8. The maximum absolute atomic E-state index is 13.8. The summed E-state index contributed by atoms with van der Waals surface area (Å²) in [5.41, 5.74) is 2.59. The third-order valence-electron chi connectivity index (χ3n) is 9.49. The molecule has 1 aromatic heterocycles. The minimum absolute atomic E-state index is 0.0501. The Morgan fingerprint density at radius 2 is 1.88 bits per heavy atom. The molecule has 0 aliphatic carbocycles. The zero-order valence-corrected chi connectivity index (χ0v) is 28.0. The number of carbonyl (C=O) groups excluding carboxylic acids is 1. The Morgan fingerprint density at radius 3 is 2.58 bits per heavy atom. The van der Waals surface area contributed by atoms with Crippen LogP contribution in [0.15, 0.2) is 79.0 Å². The van der Waals surface area contributed by atoms with Crippen molar-refractivity contribution in [1.82, 2.24) is 15.0 Å². The number of amides is 1. The standard InChI is InChI=1S/C33H37IN4O4Si/c1-21-31(43(3,4)25-13-11-24(41-2)12-14-25)30(42-33(21)27-18-23(34)10-15-28(27)35-32(33)40)16-17-38-19-29(36-37-38)26(20-39)22-8-6-5-7-9-22/h5-15,18-19,21,26,30-31,39H,16-17,20H2,1-4H3,(H,35,40)/t21-,26?,30+,31-,33+/m0/s1. The van der Waals surface area contributed by atoms with E-state index >= 15 is 0 Å². The first kappa shape index (κ1) is 30.0. The van der Waals surface area contributed by atoms with Crippen LogP contribution in [0.3, 0.4) is 0 Å². The van der Waals surface area contributed by atoms with E-state index in [9.17, 15) is 9.90 Å². The number of anilines is 1. The van der Waals surface area contributed by atoms with Crippen LogP contribution in [0.25, 0.3) is 0 Å². The predicted octanol–water partition coefficient (Wildman–Crippen LogP) is 5.27. The highest BCUT2D eigenvalue weighted by Gasteiger charge is 2.64. The molecule has 2 N–H and O–H groups in total. The lowest BCUT2D eigenvalue weighted by molar-refractivity contribution is -0.143. The second kappa shape index (κ2) is 11.8. The van der Waals surface area contributed by atoms with Crippen molar-refractivity contribution in [3.05, 3.63) is 99.4 Å².